The van der Waals surface area contributed by atoms with E-state index in [2.05, 4.69) is 9.08 Å². The molecule has 1 N–H and O–H groups in total. The second-order valence-electron chi connectivity index (χ2n) is 1.78. The van der Waals surface area contributed by atoms with Gasteiger partial charge in [0, 0.05) is 12.3 Å². The molecule has 1 unspecified atom stereocenters. The summed E-state index contributed by atoms with van der Waals surface area (Å²) >= 11 is 0. The smallest absolute Gasteiger partial charge is 0.215 e. The van der Waals surface area contributed by atoms with Gasteiger partial charge in [-0.25, -0.2) is 8.93 Å². The number of nitrogens with zero attached hydrogens (tertiary/aromatic N) is 2. The van der Waals surface area contributed by atoms with Gasteiger partial charge in [-0.15, -0.1) is 4.36 Å². The average Bonchev–Trinajstić information content (AvgIpc) is 2.41. The van der Waals surface area contributed by atoms with Crippen molar-refractivity contribution in [2.24, 2.45) is 4.36 Å². The predicted octanol–water partition coefficient (Wildman–Crippen LogP) is 0.870. The summed E-state index contributed by atoms with van der Waals surface area (Å²) in [5.74, 6) is 0.514. The lowest BCUT2D eigenvalue weighted by Gasteiger charge is -1.92. The molecule has 0 aromatic carbocycles. The van der Waals surface area contributed by atoms with Crippen LogP contribution in [0.3, 0.4) is 0 Å². The molecule has 0 radical (unpaired) electrons. The lowest BCUT2D eigenvalue weighted by Crippen LogP contribution is -2.15. The molecule has 0 amide bonds. The Morgan fingerprint density at radius 2 is 2.27 bits per heavy atom. The zero-order valence-corrected chi connectivity index (χ0v) is 7.65. The van der Waals surface area contributed by atoms with Crippen LogP contribution in [0.15, 0.2) is 4.36 Å². The average molecular weight is 175 g/mol. The number of nitrogens with one attached hydrogen (secondary N) is 1. The number of rotatable bonds is 0. The van der Waals surface area contributed by atoms with Gasteiger partial charge in [-0.1, -0.05) is 13.8 Å². The van der Waals surface area contributed by atoms with Gasteiger partial charge in [0.05, 0.1) is 0 Å². The summed E-state index contributed by atoms with van der Waals surface area (Å²) in [6, 6.07) is 0. The van der Waals surface area contributed by atoms with Crippen LogP contribution in [0.2, 0.25) is 0 Å². The van der Waals surface area contributed by atoms with Crippen LogP contribution in [0.1, 0.15) is 20.3 Å². The van der Waals surface area contributed by atoms with Crippen molar-refractivity contribution in [3.05, 3.63) is 0 Å². The maximum Gasteiger partial charge on any atom is 0.215 e. The molecule has 0 aromatic heterocycles. The molecule has 0 saturated carbocycles. The second kappa shape index (κ2) is 5.10. The SMILES string of the molecule is CC.N#CN=S1(=O)CCCN1. The molecule has 1 aliphatic heterocycles. The van der Waals surface area contributed by atoms with Crippen LogP contribution < -0.4 is 4.72 Å². The molecule has 11 heavy (non-hydrogen) atoms. The van der Waals surface area contributed by atoms with Gasteiger partial charge in [0.25, 0.3) is 0 Å². The fourth-order valence-electron chi connectivity index (χ4n) is 0.715. The van der Waals surface area contributed by atoms with Crippen molar-refractivity contribution in [1.82, 2.24) is 4.72 Å². The molecule has 64 valence electrons. The molecule has 0 aliphatic carbocycles. The van der Waals surface area contributed by atoms with Crippen LogP contribution in [-0.4, -0.2) is 16.5 Å². The minimum atomic E-state index is -2.29. The highest BCUT2D eigenvalue weighted by Crippen LogP contribution is 2.01. The molecule has 0 spiro atoms. The van der Waals surface area contributed by atoms with E-state index < -0.39 is 9.92 Å². The van der Waals surface area contributed by atoms with Crippen molar-refractivity contribution >= 4 is 9.92 Å². The molecular formula is C6H13N3OS. The Kier molecular flexibility index (Phi) is 4.83. The Bertz CT molecular complexity index is 235. The van der Waals surface area contributed by atoms with Crippen LogP contribution in [-0.2, 0) is 9.92 Å². The van der Waals surface area contributed by atoms with Crippen LogP contribution in [0.25, 0.3) is 0 Å². The summed E-state index contributed by atoms with van der Waals surface area (Å²) in [5.41, 5.74) is 0. The zero-order chi connectivity index (χ0) is 8.74. The Balaban J connectivity index is 0.000000461. The Labute approximate surface area is 67.9 Å². The van der Waals surface area contributed by atoms with Gasteiger partial charge in [-0.3, -0.25) is 0 Å². The summed E-state index contributed by atoms with van der Waals surface area (Å²) in [5, 5.41) is 8.06. The topological polar surface area (TPSA) is 65.2 Å². The molecule has 1 atom stereocenters. The molecule has 1 aliphatic rings. The van der Waals surface area contributed by atoms with Crippen molar-refractivity contribution in [3.63, 3.8) is 0 Å². The summed E-state index contributed by atoms with van der Waals surface area (Å²) < 4.78 is 17.0. The summed E-state index contributed by atoms with van der Waals surface area (Å²) in [4.78, 5) is 0. The minimum Gasteiger partial charge on any atom is -0.233 e. The first-order valence-electron chi connectivity index (χ1n) is 3.64. The Morgan fingerprint density at radius 3 is 2.64 bits per heavy atom. The standard InChI is InChI=1S/C4H7N3OS.C2H6/c5-4-7-9(8)3-1-2-6-9;1-2/h1-3H2,(H,6,7,8);1-2H3. The summed E-state index contributed by atoms with van der Waals surface area (Å²) in [7, 11) is -2.29. The molecule has 1 fully saturated rings. The zero-order valence-electron chi connectivity index (χ0n) is 6.83. The van der Waals surface area contributed by atoms with Crippen molar-refractivity contribution < 1.29 is 4.21 Å². The normalized spacial score (nSPS) is 28.1. The lowest BCUT2D eigenvalue weighted by molar-refractivity contribution is 0.675. The van der Waals surface area contributed by atoms with Gasteiger partial charge in [0.15, 0.2) is 0 Å². The maximum absolute atomic E-state index is 11.1. The molecule has 0 aromatic rings. The molecular weight excluding hydrogens is 162 g/mol. The van der Waals surface area contributed by atoms with E-state index in [-0.39, 0.29) is 0 Å². The molecule has 1 heterocycles. The third kappa shape index (κ3) is 3.35. The van der Waals surface area contributed by atoms with Gasteiger partial charge < -0.3 is 0 Å². The van der Waals surface area contributed by atoms with Crippen LogP contribution in [0.5, 0.6) is 0 Å². The van der Waals surface area contributed by atoms with Gasteiger partial charge in [-0.05, 0) is 6.42 Å². The van der Waals surface area contributed by atoms with Gasteiger partial charge in [0.2, 0.25) is 6.19 Å². The molecule has 1 saturated heterocycles. The third-order valence-electron chi connectivity index (χ3n) is 1.11. The van der Waals surface area contributed by atoms with E-state index in [1.165, 1.54) is 6.19 Å². The van der Waals surface area contributed by atoms with E-state index in [9.17, 15) is 4.21 Å². The second-order valence-corrected chi connectivity index (χ2v) is 3.94. The third-order valence-corrected chi connectivity index (χ3v) is 2.99. The highest BCUT2D eigenvalue weighted by atomic mass is 32.2. The maximum atomic E-state index is 11.1. The molecule has 0 bridgehead atoms. The number of hydrogen-bond donors (Lipinski definition) is 1. The Morgan fingerprint density at radius 1 is 1.64 bits per heavy atom. The first-order valence-corrected chi connectivity index (χ1v) is 5.33. The van der Waals surface area contributed by atoms with Crippen LogP contribution in [0, 0.1) is 11.5 Å². The highest BCUT2D eigenvalue weighted by molar-refractivity contribution is 7.92. The fourth-order valence-corrected chi connectivity index (χ4v) is 2.15. The van der Waals surface area contributed by atoms with Crippen molar-refractivity contribution in [2.75, 3.05) is 12.3 Å². The quantitative estimate of drug-likeness (QED) is 0.555. The molecule has 1 rings (SSSR count). The monoisotopic (exact) mass is 175 g/mol. The van der Waals surface area contributed by atoms with E-state index in [0.29, 0.717) is 12.3 Å². The largest absolute Gasteiger partial charge is 0.233 e. The van der Waals surface area contributed by atoms with Crippen molar-refractivity contribution in [3.8, 4) is 6.19 Å². The first kappa shape index (κ1) is 10.4. The van der Waals surface area contributed by atoms with Gasteiger partial charge in [-0.2, -0.15) is 5.26 Å². The highest BCUT2D eigenvalue weighted by Gasteiger charge is 2.13. The number of nitriles is 1. The van der Waals surface area contributed by atoms with Gasteiger partial charge in [0.1, 0.15) is 9.92 Å². The molecule has 4 nitrogen and oxygen atoms in total. The van der Waals surface area contributed by atoms with Crippen LogP contribution >= 0.6 is 0 Å². The minimum absolute atomic E-state index is 0.514. The summed E-state index contributed by atoms with van der Waals surface area (Å²) in [6.07, 6.45) is 2.39. The van der Waals surface area contributed by atoms with E-state index in [1.54, 1.807) is 0 Å². The van der Waals surface area contributed by atoms with E-state index >= 15 is 0 Å². The van der Waals surface area contributed by atoms with E-state index in [4.69, 9.17) is 5.26 Å². The number of hydrogen-bond acceptors (Lipinski definition) is 3. The first-order chi connectivity index (χ1) is 5.27. The fraction of sp³-hybridized carbons (Fsp3) is 0.833. The van der Waals surface area contributed by atoms with E-state index in [0.717, 1.165) is 6.42 Å². The van der Waals surface area contributed by atoms with E-state index in [1.807, 2.05) is 13.8 Å². The lowest BCUT2D eigenvalue weighted by atomic mass is 10.5. The Hall–Kier alpha value is -0.600. The summed E-state index contributed by atoms with van der Waals surface area (Å²) in [6.45, 7) is 4.71. The predicted molar refractivity (Wildman–Crippen MR) is 45.0 cm³/mol. The van der Waals surface area contributed by atoms with Crippen LogP contribution in [0.4, 0.5) is 0 Å². The van der Waals surface area contributed by atoms with Crippen molar-refractivity contribution in [1.29, 1.82) is 5.26 Å². The van der Waals surface area contributed by atoms with Crippen molar-refractivity contribution in [2.45, 2.75) is 20.3 Å². The van der Waals surface area contributed by atoms with Gasteiger partial charge >= 0.3 is 0 Å². The molecule has 5 heteroatoms.